The van der Waals surface area contributed by atoms with Gasteiger partial charge in [0, 0.05) is 10.4 Å². The standard InChI is InChI=1S/C22H24N2O3S/c1-4-16-7-6-8-19(13-16)27-14-20(25)23-22-24-21(15(3)28-22)17-9-11-18(12-10-17)26-5-2/h6-13H,4-5,14H2,1-3H3,(H,23,24,25). The van der Waals surface area contributed by atoms with Crippen molar-refractivity contribution in [3.63, 3.8) is 0 Å². The van der Waals surface area contributed by atoms with Crippen LogP contribution in [-0.2, 0) is 11.2 Å². The number of hydrogen-bond donors (Lipinski definition) is 1. The summed E-state index contributed by atoms with van der Waals surface area (Å²) in [5.74, 6) is 1.30. The molecule has 3 rings (SSSR count). The second-order valence-electron chi connectivity index (χ2n) is 6.22. The fourth-order valence-electron chi connectivity index (χ4n) is 2.75. The van der Waals surface area contributed by atoms with Crippen LogP contribution in [0, 0.1) is 6.92 Å². The predicted octanol–water partition coefficient (Wildman–Crippen LogP) is 5.10. The van der Waals surface area contributed by atoms with Crippen LogP contribution in [0.5, 0.6) is 11.5 Å². The minimum absolute atomic E-state index is 0.0514. The van der Waals surface area contributed by atoms with Gasteiger partial charge in [0.05, 0.1) is 12.3 Å². The number of anilines is 1. The van der Waals surface area contributed by atoms with E-state index in [4.69, 9.17) is 9.47 Å². The van der Waals surface area contributed by atoms with Crippen LogP contribution in [0.4, 0.5) is 5.13 Å². The third kappa shape index (κ3) is 5.10. The monoisotopic (exact) mass is 396 g/mol. The van der Waals surface area contributed by atoms with Gasteiger partial charge in [-0.2, -0.15) is 0 Å². The molecule has 0 saturated heterocycles. The molecule has 5 nitrogen and oxygen atoms in total. The first-order valence-electron chi connectivity index (χ1n) is 9.31. The molecule has 0 aliphatic heterocycles. The van der Waals surface area contributed by atoms with Gasteiger partial charge < -0.3 is 9.47 Å². The Bertz CT molecular complexity index is 935. The molecule has 1 aromatic heterocycles. The molecule has 3 aromatic rings. The molecular weight excluding hydrogens is 372 g/mol. The van der Waals surface area contributed by atoms with Gasteiger partial charge in [-0.05, 0) is 62.2 Å². The summed E-state index contributed by atoms with van der Waals surface area (Å²) in [7, 11) is 0. The van der Waals surface area contributed by atoms with Crippen LogP contribution in [-0.4, -0.2) is 24.1 Å². The van der Waals surface area contributed by atoms with E-state index in [1.54, 1.807) is 0 Å². The Morgan fingerprint density at radius 2 is 1.86 bits per heavy atom. The lowest BCUT2D eigenvalue weighted by atomic mass is 10.1. The quantitative estimate of drug-likeness (QED) is 0.576. The third-order valence-corrected chi connectivity index (χ3v) is 5.04. The molecule has 0 fully saturated rings. The third-order valence-electron chi connectivity index (χ3n) is 4.16. The van der Waals surface area contributed by atoms with E-state index in [0.717, 1.165) is 28.3 Å². The summed E-state index contributed by atoms with van der Waals surface area (Å²) in [5, 5.41) is 3.39. The summed E-state index contributed by atoms with van der Waals surface area (Å²) in [5.41, 5.74) is 3.03. The van der Waals surface area contributed by atoms with E-state index < -0.39 is 0 Å². The summed E-state index contributed by atoms with van der Waals surface area (Å²) in [4.78, 5) is 17.8. The highest BCUT2D eigenvalue weighted by Crippen LogP contribution is 2.31. The number of hydrogen-bond acceptors (Lipinski definition) is 5. The Morgan fingerprint density at radius 1 is 1.07 bits per heavy atom. The molecule has 146 valence electrons. The summed E-state index contributed by atoms with van der Waals surface area (Å²) in [6.45, 7) is 6.61. The predicted molar refractivity (Wildman–Crippen MR) is 113 cm³/mol. The topological polar surface area (TPSA) is 60.5 Å². The second-order valence-corrected chi connectivity index (χ2v) is 7.42. The first-order chi connectivity index (χ1) is 13.6. The number of nitrogens with one attached hydrogen (secondary N) is 1. The number of carbonyl (C=O) groups is 1. The fourth-order valence-corrected chi connectivity index (χ4v) is 3.60. The lowest BCUT2D eigenvalue weighted by molar-refractivity contribution is -0.118. The van der Waals surface area contributed by atoms with Crippen molar-refractivity contribution in [2.24, 2.45) is 0 Å². The fraction of sp³-hybridized carbons (Fsp3) is 0.273. The molecule has 2 aromatic carbocycles. The maximum atomic E-state index is 12.2. The Hall–Kier alpha value is -2.86. The molecule has 28 heavy (non-hydrogen) atoms. The lowest BCUT2D eigenvalue weighted by Crippen LogP contribution is -2.20. The SMILES string of the molecule is CCOc1ccc(-c2nc(NC(=O)COc3cccc(CC)c3)sc2C)cc1. The van der Waals surface area contributed by atoms with E-state index in [0.29, 0.717) is 17.5 Å². The zero-order valence-corrected chi connectivity index (χ0v) is 17.1. The molecule has 0 aliphatic rings. The van der Waals surface area contributed by atoms with E-state index >= 15 is 0 Å². The average Bonchev–Trinajstić information content (AvgIpc) is 3.07. The average molecular weight is 397 g/mol. The van der Waals surface area contributed by atoms with Crippen molar-refractivity contribution in [2.75, 3.05) is 18.5 Å². The second kappa shape index (κ2) is 9.37. The van der Waals surface area contributed by atoms with E-state index in [2.05, 4.69) is 17.2 Å². The Labute approximate surface area is 169 Å². The molecule has 0 atom stereocenters. The van der Waals surface area contributed by atoms with Gasteiger partial charge in [-0.3, -0.25) is 10.1 Å². The number of rotatable bonds is 8. The van der Waals surface area contributed by atoms with E-state index in [1.165, 1.54) is 16.9 Å². The molecule has 1 heterocycles. The smallest absolute Gasteiger partial charge is 0.264 e. The summed E-state index contributed by atoms with van der Waals surface area (Å²) < 4.78 is 11.1. The normalized spacial score (nSPS) is 10.5. The maximum Gasteiger partial charge on any atom is 0.264 e. The van der Waals surface area contributed by atoms with Gasteiger partial charge in [0.25, 0.3) is 5.91 Å². The van der Waals surface area contributed by atoms with Crippen molar-refractivity contribution >= 4 is 22.4 Å². The van der Waals surface area contributed by atoms with Crippen LogP contribution < -0.4 is 14.8 Å². The number of thiazole rings is 1. The van der Waals surface area contributed by atoms with Crippen molar-refractivity contribution in [1.29, 1.82) is 0 Å². The summed E-state index contributed by atoms with van der Waals surface area (Å²) in [6.07, 6.45) is 0.927. The van der Waals surface area contributed by atoms with Gasteiger partial charge in [0.1, 0.15) is 11.5 Å². The molecule has 6 heteroatoms. The molecule has 0 bridgehead atoms. The Kier molecular flexibility index (Phi) is 6.66. The zero-order chi connectivity index (χ0) is 19.9. The van der Waals surface area contributed by atoms with Crippen LogP contribution in [0.25, 0.3) is 11.3 Å². The molecule has 0 aliphatic carbocycles. The van der Waals surface area contributed by atoms with Gasteiger partial charge in [0.15, 0.2) is 11.7 Å². The van der Waals surface area contributed by atoms with Gasteiger partial charge in [-0.25, -0.2) is 4.98 Å². The molecule has 0 saturated carbocycles. The lowest BCUT2D eigenvalue weighted by Gasteiger charge is -2.07. The first-order valence-corrected chi connectivity index (χ1v) is 10.1. The minimum atomic E-state index is -0.228. The van der Waals surface area contributed by atoms with Crippen molar-refractivity contribution in [2.45, 2.75) is 27.2 Å². The summed E-state index contributed by atoms with van der Waals surface area (Å²) in [6, 6.07) is 15.6. The minimum Gasteiger partial charge on any atom is -0.494 e. The first kappa shape index (κ1) is 19.9. The summed E-state index contributed by atoms with van der Waals surface area (Å²) >= 11 is 1.45. The van der Waals surface area contributed by atoms with Crippen LogP contribution in [0.15, 0.2) is 48.5 Å². The van der Waals surface area contributed by atoms with Crippen LogP contribution in [0.3, 0.4) is 0 Å². The Morgan fingerprint density at radius 3 is 2.57 bits per heavy atom. The molecule has 0 radical (unpaired) electrons. The number of carbonyl (C=O) groups excluding carboxylic acids is 1. The van der Waals surface area contributed by atoms with E-state index in [-0.39, 0.29) is 12.5 Å². The molecular formula is C22H24N2O3S. The Balaban J connectivity index is 1.61. The van der Waals surface area contributed by atoms with Crippen molar-refractivity contribution < 1.29 is 14.3 Å². The number of amides is 1. The molecule has 1 N–H and O–H groups in total. The van der Waals surface area contributed by atoms with Crippen LogP contribution >= 0.6 is 11.3 Å². The number of ether oxygens (including phenoxy) is 2. The molecule has 1 amide bonds. The van der Waals surface area contributed by atoms with Crippen molar-refractivity contribution in [3.05, 3.63) is 59.0 Å². The highest BCUT2D eigenvalue weighted by atomic mass is 32.1. The van der Waals surface area contributed by atoms with Crippen molar-refractivity contribution in [3.8, 4) is 22.8 Å². The van der Waals surface area contributed by atoms with Gasteiger partial charge >= 0.3 is 0 Å². The number of aromatic nitrogens is 1. The molecule has 0 unspecified atom stereocenters. The maximum absolute atomic E-state index is 12.2. The highest BCUT2D eigenvalue weighted by Gasteiger charge is 2.13. The highest BCUT2D eigenvalue weighted by molar-refractivity contribution is 7.16. The number of aryl methyl sites for hydroxylation is 2. The number of nitrogens with zero attached hydrogens (tertiary/aromatic N) is 1. The van der Waals surface area contributed by atoms with Gasteiger partial charge in [0.2, 0.25) is 0 Å². The number of benzene rings is 2. The molecule has 0 spiro atoms. The van der Waals surface area contributed by atoms with Gasteiger partial charge in [-0.15, -0.1) is 11.3 Å². The van der Waals surface area contributed by atoms with E-state index in [9.17, 15) is 4.79 Å². The van der Waals surface area contributed by atoms with Crippen LogP contribution in [0.1, 0.15) is 24.3 Å². The largest absolute Gasteiger partial charge is 0.494 e. The van der Waals surface area contributed by atoms with E-state index in [1.807, 2.05) is 62.4 Å². The van der Waals surface area contributed by atoms with Crippen molar-refractivity contribution in [1.82, 2.24) is 4.98 Å². The zero-order valence-electron chi connectivity index (χ0n) is 16.3. The van der Waals surface area contributed by atoms with Gasteiger partial charge in [-0.1, -0.05) is 19.1 Å². The van der Waals surface area contributed by atoms with Crippen LogP contribution in [0.2, 0.25) is 0 Å².